The molecule has 32 heavy (non-hydrogen) atoms. The molecule has 0 saturated heterocycles. The highest BCUT2D eigenvalue weighted by Gasteiger charge is 2.19. The summed E-state index contributed by atoms with van der Waals surface area (Å²) < 4.78 is 5.55. The number of rotatable bonds is 21. The Bertz CT molecular complexity index is 578. The van der Waals surface area contributed by atoms with E-state index in [9.17, 15) is 20.1 Å². The van der Waals surface area contributed by atoms with Crippen LogP contribution in [0.25, 0.3) is 0 Å². The van der Waals surface area contributed by atoms with Gasteiger partial charge >= 0.3 is 5.97 Å². The summed E-state index contributed by atoms with van der Waals surface area (Å²) in [6, 6.07) is 5.66. The third kappa shape index (κ3) is 15.2. The highest BCUT2D eigenvalue weighted by atomic mass is 16.5. The highest BCUT2D eigenvalue weighted by Crippen LogP contribution is 2.13. The Hall–Kier alpha value is -1.63. The third-order valence-electron chi connectivity index (χ3n) is 5.73. The largest absolute Gasteiger partial charge is 0.508 e. The van der Waals surface area contributed by atoms with Gasteiger partial charge in [0.1, 0.15) is 11.8 Å². The summed E-state index contributed by atoms with van der Waals surface area (Å²) in [5.41, 5.74) is 0.806. The smallest absolute Gasteiger partial charge is 0.321 e. The summed E-state index contributed by atoms with van der Waals surface area (Å²) in [5, 5.41) is 31.7. The molecule has 0 fully saturated rings. The van der Waals surface area contributed by atoms with Crippen LogP contribution in [0.1, 0.15) is 89.5 Å². The molecule has 184 valence electrons. The van der Waals surface area contributed by atoms with Crippen molar-refractivity contribution in [2.75, 3.05) is 19.8 Å². The number of ether oxygens (including phenoxy) is 1. The summed E-state index contributed by atoms with van der Waals surface area (Å²) in [4.78, 5) is 11.5. The number of unbranched alkanes of at least 4 members (excludes halogenated alkanes) is 11. The molecule has 0 saturated carbocycles. The first-order valence-corrected chi connectivity index (χ1v) is 12.5. The van der Waals surface area contributed by atoms with E-state index < -0.39 is 18.1 Å². The molecule has 1 aromatic carbocycles. The van der Waals surface area contributed by atoms with E-state index in [-0.39, 0.29) is 25.3 Å². The van der Waals surface area contributed by atoms with Gasteiger partial charge in [0, 0.05) is 13.2 Å². The van der Waals surface area contributed by atoms with Gasteiger partial charge in [-0.2, -0.15) is 0 Å². The maximum Gasteiger partial charge on any atom is 0.321 e. The summed E-state index contributed by atoms with van der Waals surface area (Å²) in [6.45, 7) is 3.25. The van der Waals surface area contributed by atoms with Gasteiger partial charge in [-0.15, -0.1) is 0 Å². The number of carboxylic acid groups (broad SMARTS) is 1. The normalized spacial score (nSPS) is 13.2. The van der Waals surface area contributed by atoms with E-state index in [1.54, 1.807) is 12.1 Å². The number of aromatic hydroxyl groups is 1. The number of aliphatic carboxylic acids is 1. The van der Waals surface area contributed by atoms with Crippen LogP contribution in [0.3, 0.4) is 0 Å². The molecule has 0 aliphatic rings. The van der Waals surface area contributed by atoms with Crippen molar-refractivity contribution < 1.29 is 24.9 Å². The number of carboxylic acids is 1. The number of phenolic OH excluding ortho intramolecular Hbond substituents is 1. The Balaban J connectivity index is 1.98. The van der Waals surface area contributed by atoms with Crippen molar-refractivity contribution in [1.82, 2.24) is 5.32 Å². The average Bonchev–Trinajstić information content (AvgIpc) is 2.78. The van der Waals surface area contributed by atoms with Gasteiger partial charge in [0.2, 0.25) is 0 Å². The molecule has 0 heterocycles. The summed E-state index contributed by atoms with van der Waals surface area (Å²) in [6.07, 6.45) is 15.1. The number of aliphatic hydroxyl groups excluding tert-OH is 1. The molecule has 2 atom stereocenters. The zero-order valence-electron chi connectivity index (χ0n) is 19.9. The molecule has 0 bridgehead atoms. The predicted octanol–water partition coefficient (Wildman–Crippen LogP) is 5.06. The molecule has 0 aliphatic carbocycles. The van der Waals surface area contributed by atoms with E-state index in [0.717, 1.165) is 18.4 Å². The number of carbonyl (C=O) groups is 1. The van der Waals surface area contributed by atoms with Crippen LogP contribution in [0.4, 0.5) is 0 Å². The van der Waals surface area contributed by atoms with Crippen LogP contribution in [0.2, 0.25) is 0 Å². The molecule has 0 radical (unpaired) electrons. The Morgan fingerprint density at radius 2 is 1.44 bits per heavy atom. The minimum Gasteiger partial charge on any atom is -0.508 e. The first-order valence-electron chi connectivity index (χ1n) is 12.5. The van der Waals surface area contributed by atoms with Crippen molar-refractivity contribution in [3.63, 3.8) is 0 Å². The van der Waals surface area contributed by atoms with Crippen LogP contribution < -0.4 is 5.32 Å². The maximum atomic E-state index is 11.5. The molecule has 0 aliphatic heterocycles. The topological polar surface area (TPSA) is 99.0 Å². The second-order valence-electron chi connectivity index (χ2n) is 8.79. The summed E-state index contributed by atoms with van der Waals surface area (Å²) >= 11 is 0. The third-order valence-corrected chi connectivity index (χ3v) is 5.73. The Morgan fingerprint density at radius 3 is 1.97 bits per heavy atom. The van der Waals surface area contributed by atoms with E-state index in [4.69, 9.17) is 4.74 Å². The first kappa shape index (κ1) is 28.4. The van der Waals surface area contributed by atoms with Gasteiger partial charge in [0.15, 0.2) is 0 Å². The zero-order chi connectivity index (χ0) is 23.4. The van der Waals surface area contributed by atoms with Gasteiger partial charge in [0.05, 0.1) is 12.7 Å². The molecule has 0 spiro atoms. The lowest BCUT2D eigenvalue weighted by Crippen LogP contribution is -2.43. The van der Waals surface area contributed by atoms with Crippen molar-refractivity contribution in [3.8, 4) is 5.75 Å². The minimum atomic E-state index is -0.970. The Labute approximate surface area is 194 Å². The van der Waals surface area contributed by atoms with E-state index in [0.29, 0.717) is 6.61 Å². The lowest BCUT2D eigenvalue weighted by Gasteiger charge is -2.18. The van der Waals surface area contributed by atoms with Crippen molar-refractivity contribution in [1.29, 1.82) is 0 Å². The van der Waals surface area contributed by atoms with Gasteiger partial charge in [-0.3, -0.25) is 4.79 Å². The van der Waals surface area contributed by atoms with Crippen LogP contribution in [0.5, 0.6) is 5.75 Å². The van der Waals surface area contributed by atoms with Crippen LogP contribution >= 0.6 is 0 Å². The van der Waals surface area contributed by atoms with E-state index in [1.165, 1.54) is 76.3 Å². The van der Waals surface area contributed by atoms with E-state index in [2.05, 4.69) is 12.2 Å². The molecule has 1 rings (SSSR count). The fourth-order valence-corrected chi connectivity index (χ4v) is 3.72. The van der Waals surface area contributed by atoms with E-state index in [1.807, 2.05) is 0 Å². The van der Waals surface area contributed by atoms with Gasteiger partial charge in [-0.1, -0.05) is 89.7 Å². The SMILES string of the molecule is CCCCCCCCCCCCCCOCC(O)CN[C@@H](Cc1ccc(O)cc1)C(=O)O. The minimum absolute atomic E-state index is 0.148. The second-order valence-corrected chi connectivity index (χ2v) is 8.79. The number of nitrogens with one attached hydrogen (secondary N) is 1. The fraction of sp³-hybridized carbons (Fsp3) is 0.731. The standard InChI is InChI=1S/C26H45NO5/c1-2-3-4-5-6-7-8-9-10-11-12-13-18-32-21-24(29)20-27-25(26(30)31)19-22-14-16-23(28)17-15-22/h14-17,24-25,27-29H,2-13,18-21H2,1H3,(H,30,31)/t24?,25-/m0/s1. The zero-order valence-corrected chi connectivity index (χ0v) is 19.9. The monoisotopic (exact) mass is 451 g/mol. The molecular weight excluding hydrogens is 406 g/mol. The number of phenols is 1. The Morgan fingerprint density at radius 1 is 0.906 bits per heavy atom. The molecule has 1 aromatic rings. The number of hydrogen-bond acceptors (Lipinski definition) is 5. The highest BCUT2D eigenvalue weighted by molar-refractivity contribution is 5.73. The molecule has 1 unspecified atom stereocenters. The number of aliphatic hydroxyl groups is 1. The molecule has 0 amide bonds. The first-order chi connectivity index (χ1) is 15.5. The van der Waals surface area contributed by atoms with Crippen LogP contribution in [0, 0.1) is 0 Å². The van der Waals surface area contributed by atoms with Crippen molar-refractivity contribution >= 4 is 5.97 Å². The molecule has 6 heteroatoms. The van der Waals surface area contributed by atoms with Gasteiger partial charge in [-0.25, -0.2) is 0 Å². The maximum absolute atomic E-state index is 11.5. The van der Waals surface area contributed by atoms with Gasteiger partial charge in [-0.05, 0) is 30.5 Å². The van der Waals surface area contributed by atoms with Crippen LogP contribution in [-0.4, -0.2) is 53.2 Å². The van der Waals surface area contributed by atoms with Crippen LogP contribution in [-0.2, 0) is 16.0 Å². The average molecular weight is 452 g/mol. The van der Waals surface area contributed by atoms with Crippen molar-refractivity contribution in [2.24, 2.45) is 0 Å². The Kier molecular flexibility index (Phi) is 16.8. The summed E-state index contributed by atoms with van der Waals surface area (Å²) in [7, 11) is 0. The fourth-order valence-electron chi connectivity index (χ4n) is 3.72. The van der Waals surface area contributed by atoms with E-state index >= 15 is 0 Å². The molecule has 4 N–H and O–H groups in total. The van der Waals surface area contributed by atoms with Crippen LogP contribution in [0.15, 0.2) is 24.3 Å². The quantitative estimate of drug-likeness (QED) is 0.195. The molecule has 0 aromatic heterocycles. The summed E-state index contributed by atoms with van der Waals surface area (Å²) in [5.74, 6) is -0.822. The number of benzene rings is 1. The van der Waals surface area contributed by atoms with Gasteiger partial charge < -0.3 is 25.4 Å². The van der Waals surface area contributed by atoms with Crippen molar-refractivity contribution in [3.05, 3.63) is 29.8 Å². The predicted molar refractivity (Wildman–Crippen MR) is 129 cm³/mol. The molecule has 6 nitrogen and oxygen atoms in total. The van der Waals surface area contributed by atoms with Gasteiger partial charge in [0.25, 0.3) is 0 Å². The second kappa shape index (κ2) is 18.9. The number of hydrogen-bond donors (Lipinski definition) is 4. The molecular formula is C26H45NO5. The lowest BCUT2D eigenvalue weighted by molar-refractivity contribution is -0.139. The lowest BCUT2D eigenvalue weighted by atomic mass is 10.1. The van der Waals surface area contributed by atoms with Crippen molar-refractivity contribution in [2.45, 2.75) is 103 Å².